The highest BCUT2D eigenvalue weighted by atomic mass is 19.3. The zero-order chi connectivity index (χ0) is 13.2. The summed E-state index contributed by atoms with van der Waals surface area (Å²) in [6.07, 6.45) is -1.92. The summed E-state index contributed by atoms with van der Waals surface area (Å²) in [5.41, 5.74) is 0. The van der Waals surface area contributed by atoms with Crippen molar-refractivity contribution < 1.29 is 18.4 Å². The third-order valence-electron chi connectivity index (χ3n) is 3.24. The minimum Gasteiger partial charge on any atom is -0.342 e. The molecule has 1 aliphatic rings. The zero-order valence-electron chi connectivity index (χ0n) is 10.2. The first-order valence-electron chi connectivity index (χ1n) is 5.77. The standard InChI is InChI=1S/C11H18F2N2O2/c1-4-6(2)9-11(17)15(5-8(12)13)7(3)10(16)14-9/h6-9H,4-5H2,1-3H3,(H,14,16). The van der Waals surface area contributed by atoms with Crippen LogP contribution in [-0.4, -0.2) is 41.8 Å². The molecule has 3 atom stereocenters. The van der Waals surface area contributed by atoms with Crippen LogP contribution in [0.5, 0.6) is 0 Å². The summed E-state index contributed by atoms with van der Waals surface area (Å²) in [6.45, 7) is 4.49. The lowest BCUT2D eigenvalue weighted by atomic mass is 9.94. The third kappa shape index (κ3) is 2.92. The number of piperazine rings is 1. The molecule has 1 fully saturated rings. The second-order valence-corrected chi connectivity index (χ2v) is 4.43. The van der Waals surface area contributed by atoms with Gasteiger partial charge in [-0.1, -0.05) is 20.3 Å². The van der Waals surface area contributed by atoms with Crippen LogP contribution in [0.3, 0.4) is 0 Å². The Morgan fingerprint density at radius 3 is 2.47 bits per heavy atom. The molecule has 6 heteroatoms. The molecule has 0 bridgehead atoms. The van der Waals surface area contributed by atoms with Crippen LogP contribution in [0.25, 0.3) is 0 Å². The van der Waals surface area contributed by atoms with Crippen LogP contribution >= 0.6 is 0 Å². The van der Waals surface area contributed by atoms with E-state index in [9.17, 15) is 18.4 Å². The normalized spacial score (nSPS) is 27.3. The van der Waals surface area contributed by atoms with Crippen molar-refractivity contribution in [3.8, 4) is 0 Å². The van der Waals surface area contributed by atoms with Crippen LogP contribution in [-0.2, 0) is 9.59 Å². The highest BCUT2D eigenvalue weighted by molar-refractivity contribution is 5.96. The first-order chi connectivity index (χ1) is 7.88. The molecule has 0 saturated carbocycles. The second kappa shape index (κ2) is 5.42. The molecule has 1 N–H and O–H groups in total. The van der Waals surface area contributed by atoms with Gasteiger partial charge in [-0.2, -0.15) is 0 Å². The van der Waals surface area contributed by atoms with E-state index >= 15 is 0 Å². The summed E-state index contributed by atoms with van der Waals surface area (Å²) in [5, 5.41) is 2.59. The molecule has 0 radical (unpaired) electrons. The van der Waals surface area contributed by atoms with Gasteiger partial charge in [0.2, 0.25) is 11.8 Å². The number of amides is 2. The van der Waals surface area contributed by atoms with Gasteiger partial charge in [0.1, 0.15) is 12.1 Å². The van der Waals surface area contributed by atoms with Gasteiger partial charge in [0, 0.05) is 0 Å². The second-order valence-electron chi connectivity index (χ2n) is 4.43. The fraction of sp³-hybridized carbons (Fsp3) is 0.818. The predicted octanol–water partition coefficient (Wildman–Crippen LogP) is 1.01. The summed E-state index contributed by atoms with van der Waals surface area (Å²) in [7, 11) is 0. The van der Waals surface area contributed by atoms with Crippen molar-refractivity contribution >= 4 is 11.8 Å². The Morgan fingerprint density at radius 2 is 2.00 bits per heavy atom. The number of carbonyl (C=O) groups excluding carboxylic acids is 2. The summed E-state index contributed by atoms with van der Waals surface area (Å²) in [5.74, 6) is -0.832. The minimum absolute atomic E-state index is 0.0564. The lowest BCUT2D eigenvalue weighted by Gasteiger charge is -2.39. The van der Waals surface area contributed by atoms with Crippen LogP contribution in [0.2, 0.25) is 0 Å². The van der Waals surface area contributed by atoms with Gasteiger partial charge in [-0.3, -0.25) is 9.59 Å². The van der Waals surface area contributed by atoms with E-state index in [-0.39, 0.29) is 11.8 Å². The van der Waals surface area contributed by atoms with Crippen molar-refractivity contribution in [2.24, 2.45) is 5.92 Å². The Balaban J connectivity index is 2.87. The summed E-state index contributed by atoms with van der Waals surface area (Å²) >= 11 is 0. The quantitative estimate of drug-likeness (QED) is 0.807. The number of carbonyl (C=O) groups is 2. The number of alkyl halides is 2. The van der Waals surface area contributed by atoms with Gasteiger partial charge < -0.3 is 10.2 Å². The first kappa shape index (κ1) is 13.9. The molecule has 0 aromatic heterocycles. The average Bonchev–Trinajstić information content (AvgIpc) is 2.28. The number of rotatable bonds is 4. The molecule has 98 valence electrons. The van der Waals surface area contributed by atoms with Crippen LogP contribution in [0.15, 0.2) is 0 Å². The van der Waals surface area contributed by atoms with Crippen molar-refractivity contribution in [1.82, 2.24) is 10.2 Å². The Labute approximate surface area is 99.3 Å². The van der Waals surface area contributed by atoms with Gasteiger partial charge >= 0.3 is 0 Å². The summed E-state index contributed by atoms with van der Waals surface area (Å²) in [6, 6.07) is -1.50. The van der Waals surface area contributed by atoms with E-state index in [0.717, 1.165) is 4.90 Å². The molecule has 2 amide bonds. The monoisotopic (exact) mass is 248 g/mol. The predicted molar refractivity (Wildman–Crippen MR) is 58.6 cm³/mol. The Hall–Kier alpha value is -1.20. The molecular formula is C11H18F2N2O2. The fourth-order valence-electron chi connectivity index (χ4n) is 1.86. The average molecular weight is 248 g/mol. The van der Waals surface area contributed by atoms with Crippen LogP contribution in [0.1, 0.15) is 27.2 Å². The molecule has 4 nitrogen and oxygen atoms in total. The fourth-order valence-corrected chi connectivity index (χ4v) is 1.86. The Morgan fingerprint density at radius 1 is 1.41 bits per heavy atom. The lowest BCUT2D eigenvalue weighted by molar-refractivity contribution is -0.152. The molecule has 1 heterocycles. The molecule has 0 spiro atoms. The van der Waals surface area contributed by atoms with Gasteiger partial charge in [0.25, 0.3) is 6.43 Å². The van der Waals surface area contributed by atoms with E-state index in [0.29, 0.717) is 6.42 Å². The number of nitrogens with zero attached hydrogens (tertiary/aromatic N) is 1. The molecule has 17 heavy (non-hydrogen) atoms. The number of halogens is 2. The van der Waals surface area contributed by atoms with Gasteiger partial charge in [0.15, 0.2) is 0 Å². The number of nitrogens with one attached hydrogen (secondary N) is 1. The highest BCUT2D eigenvalue weighted by Crippen LogP contribution is 2.18. The maximum atomic E-state index is 12.4. The van der Waals surface area contributed by atoms with Gasteiger partial charge in [-0.05, 0) is 12.8 Å². The first-order valence-corrected chi connectivity index (χ1v) is 5.77. The minimum atomic E-state index is -2.62. The van der Waals surface area contributed by atoms with E-state index in [1.807, 2.05) is 13.8 Å². The number of hydrogen-bond donors (Lipinski definition) is 1. The Kier molecular flexibility index (Phi) is 4.42. The van der Waals surface area contributed by atoms with E-state index in [2.05, 4.69) is 5.32 Å². The summed E-state index contributed by atoms with van der Waals surface area (Å²) in [4.78, 5) is 24.6. The van der Waals surface area contributed by atoms with Gasteiger partial charge in [-0.25, -0.2) is 8.78 Å². The molecule has 1 rings (SSSR count). The van der Waals surface area contributed by atoms with E-state index < -0.39 is 31.0 Å². The van der Waals surface area contributed by atoms with Crippen LogP contribution in [0.4, 0.5) is 8.78 Å². The SMILES string of the molecule is CCC(C)C1NC(=O)C(C)N(CC(F)F)C1=O. The van der Waals surface area contributed by atoms with E-state index in [1.54, 1.807) is 0 Å². The van der Waals surface area contributed by atoms with Crippen molar-refractivity contribution in [1.29, 1.82) is 0 Å². The van der Waals surface area contributed by atoms with Crippen molar-refractivity contribution in [2.45, 2.75) is 45.7 Å². The summed E-state index contributed by atoms with van der Waals surface area (Å²) < 4.78 is 24.8. The molecule has 1 aliphatic heterocycles. The zero-order valence-corrected chi connectivity index (χ0v) is 10.2. The molecule has 0 aromatic carbocycles. The van der Waals surface area contributed by atoms with Crippen LogP contribution in [0, 0.1) is 5.92 Å². The molecule has 1 saturated heterocycles. The van der Waals surface area contributed by atoms with E-state index in [1.165, 1.54) is 6.92 Å². The molecule has 3 unspecified atom stereocenters. The smallest absolute Gasteiger partial charge is 0.255 e. The molecule has 0 aliphatic carbocycles. The van der Waals surface area contributed by atoms with Gasteiger partial charge in [-0.15, -0.1) is 0 Å². The topological polar surface area (TPSA) is 49.4 Å². The van der Waals surface area contributed by atoms with Crippen molar-refractivity contribution in [3.05, 3.63) is 0 Å². The Bertz CT molecular complexity index is 310. The number of hydrogen-bond acceptors (Lipinski definition) is 2. The largest absolute Gasteiger partial charge is 0.342 e. The molecular weight excluding hydrogens is 230 g/mol. The molecule has 0 aromatic rings. The highest BCUT2D eigenvalue weighted by Gasteiger charge is 2.40. The third-order valence-corrected chi connectivity index (χ3v) is 3.24. The van der Waals surface area contributed by atoms with Crippen molar-refractivity contribution in [3.63, 3.8) is 0 Å². The van der Waals surface area contributed by atoms with Crippen molar-refractivity contribution in [2.75, 3.05) is 6.54 Å². The maximum Gasteiger partial charge on any atom is 0.255 e. The van der Waals surface area contributed by atoms with Crippen LogP contribution < -0.4 is 5.32 Å². The maximum absolute atomic E-state index is 12.4. The van der Waals surface area contributed by atoms with E-state index in [4.69, 9.17) is 0 Å². The lowest BCUT2D eigenvalue weighted by Crippen LogP contribution is -2.64. The van der Waals surface area contributed by atoms with Gasteiger partial charge in [0.05, 0.1) is 6.54 Å².